The van der Waals surface area contributed by atoms with Gasteiger partial charge in [0, 0.05) is 19.2 Å². The molecule has 1 aliphatic heterocycles. The maximum absolute atomic E-state index is 9.54. The summed E-state index contributed by atoms with van der Waals surface area (Å²) in [6, 6.07) is 28.6. The van der Waals surface area contributed by atoms with Crippen LogP contribution in [0.4, 0.5) is 5.82 Å². The van der Waals surface area contributed by atoms with Crippen LogP contribution in [-0.4, -0.2) is 88.6 Å². The SMILES string of the molecule is CCCCCC(OC(c1ccccc1)(c1ccc(OC)cc1)c1ccc(OC)cc1)[C@H]1O[C@@H](n2cnc3c(N)ncnc32)[C@H](OC)[C@@H]1OP(OCCC#N)N(C(C)C)C(C)C. The number of imidazole rings is 1. The fourth-order valence-electron chi connectivity index (χ4n) is 8.15. The van der Waals surface area contributed by atoms with Crippen LogP contribution < -0.4 is 15.2 Å². The molecule has 0 aliphatic carbocycles. The molecule has 2 unspecified atom stereocenters. The second kappa shape index (κ2) is 21.4. The number of aromatic nitrogens is 4. The summed E-state index contributed by atoms with van der Waals surface area (Å²) in [6.45, 7) is 10.8. The number of nitrogens with two attached hydrogens (primary N) is 1. The first kappa shape index (κ1) is 45.8. The lowest BCUT2D eigenvalue weighted by Crippen LogP contribution is -2.47. The van der Waals surface area contributed by atoms with Crippen LogP contribution in [0.5, 0.6) is 11.5 Å². The van der Waals surface area contributed by atoms with Gasteiger partial charge in [0.2, 0.25) is 0 Å². The van der Waals surface area contributed by atoms with Crippen LogP contribution in [-0.2, 0) is 28.9 Å². The molecule has 1 fully saturated rings. The number of rotatable bonds is 22. The molecule has 0 radical (unpaired) electrons. The first-order chi connectivity index (χ1) is 29.6. The number of unbranched alkanes of at least 4 members (excludes halogenated alkanes) is 2. The number of nitriles is 1. The van der Waals surface area contributed by atoms with E-state index in [4.69, 9.17) is 38.5 Å². The molecule has 0 bridgehead atoms. The normalized spacial score (nSPS) is 19.1. The lowest BCUT2D eigenvalue weighted by Gasteiger charge is -2.42. The largest absolute Gasteiger partial charge is 0.497 e. The Morgan fingerprint density at radius 2 is 1.48 bits per heavy atom. The highest BCUT2D eigenvalue weighted by Gasteiger charge is 2.54. The molecule has 2 N–H and O–H groups in total. The Morgan fingerprint density at radius 3 is 2.03 bits per heavy atom. The summed E-state index contributed by atoms with van der Waals surface area (Å²) in [4.78, 5) is 13.4. The van der Waals surface area contributed by atoms with Gasteiger partial charge in [0.1, 0.15) is 47.3 Å². The minimum atomic E-state index is -1.75. The number of fused-ring (bicyclic) bond motifs is 1. The van der Waals surface area contributed by atoms with Crippen molar-refractivity contribution in [3.63, 3.8) is 0 Å². The molecule has 1 aliphatic rings. The fourth-order valence-corrected chi connectivity index (χ4v) is 9.91. The molecule has 14 nitrogen and oxygen atoms in total. The molecular weight excluding hydrogens is 794 g/mol. The average molecular weight is 854 g/mol. The van der Waals surface area contributed by atoms with Crippen molar-refractivity contribution < 1.29 is 32.7 Å². The van der Waals surface area contributed by atoms with E-state index in [1.54, 1.807) is 27.7 Å². The van der Waals surface area contributed by atoms with Crippen molar-refractivity contribution in [3.05, 3.63) is 108 Å². The number of hydrogen-bond acceptors (Lipinski definition) is 13. The average Bonchev–Trinajstić information content (AvgIpc) is 3.87. The number of methoxy groups -OCH3 is 3. The number of benzene rings is 3. The third-order valence-corrected chi connectivity index (χ3v) is 13.1. The fraction of sp³-hybridized carbons (Fsp3) is 0.478. The van der Waals surface area contributed by atoms with Gasteiger partial charge in [-0.2, -0.15) is 5.26 Å². The van der Waals surface area contributed by atoms with Crippen molar-refractivity contribution >= 4 is 25.5 Å². The van der Waals surface area contributed by atoms with E-state index < -0.39 is 44.8 Å². The summed E-state index contributed by atoms with van der Waals surface area (Å²) in [7, 11) is 3.22. The molecule has 5 aromatic rings. The second-order valence-electron chi connectivity index (χ2n) is 15.5. The number of anilines is 1. The summed E-state index contributed by atoms with van der Waals surface area (Å²) in [5.41, 5.74) is 8.77. The maximum Gasteiger partial charge on any atom is 0.259 e. The summed E-state index contributed by atoms with van der Waals surface area (Å²) in [5.74, 6) is 1.70. The van der Waals surface area contributed by atoms with Gasteiger partial charge in [-0.15, -0.1) is 0 Å². The van der Waals surface area contributed by atoms with E-state index in [-0.39, 0.29) is 30.9 Å². The topological polar surface area (TPSA) is 161 Å². The Balaban J connectivity index is 1.57. The Hall–Kier alpha value is -4.71. The number of nitrogen functional groups attached to an aromatic ring is 1. The minimum Gasteiger partial charge on any atom is -0.497 e. The molecule has 0 saturated carbocycles. The molecule has 1 saturated heterocycles. The first-order valence-electron chi connectivity index (χ1n) is 21.0. The van der Waals surface area contributed by atoms with E-state index in [1.807, 2.05) is 47.0 Å². The minimum absolute atomic E-state index is 0.0514. The highest BCUT2D eigenvalue weighted by molar-refractivity contribution is 7.44. The van der Waals surface area contributed by atoms with Crippen molar-refractivity contribution in [2.75, 3.05) is 33.7 Å². The quantitative estimate of drug-likeness (QED) is 0.0400. The molecule has 0 amide bonds. The first-order valence-corrected chi connectivity index (χ1v) is 22.1. The van der Waals surface area contributed by atoms with Gasteiger partial charge in [0.05, 0.1) is 45.7 Å². The van der Waals surface area contributed by atoms with Crippen molar-refractivity contribution in [3.8, 4) is 17.6 Å². The third kappa shape index (κ3) is 10.0. The monoisotopic (exact) mass is 853 g/mol. The van der Waals surface area contributed by atoms with Gasteiger partial charge < -0.3 is 38.5 Å². The molecule has 2 aromatic heterocycles. The maximum atomic E-state index is 9.54. The molecule has 3 aromatic carbocycles. The Kier molecular flexibility index (Phi) is 16.1. The van der Waals surface area contributed by atoms with Crippen LogP contribution in [0.2, 0.25) is 0 Å². The molecule has 3 heterocycles. The van der Waals surface area contributed by atoms with Crippen molar-refractivity contribution in [1.29, 1.82) is 5.26 Å². The van der Waals surface area contributed by atoms with Crippen molar-refractivity contribution in [2.24, 2.45) is 0 Å². The lowest BCUT2D eigenvalue weighted by atomic mass is 9.79. The Bertz CT molecular complexity index is 2090. The molecule has 15 heteroatoms. The van der Waals surface area contributed by atoms with Crippen LogP contribution in [0, 0.1) is 11.3 Å². The van der Waals surface area contributed by atoms with Crippen molar-refractivity contribution in [1.82, 2.24) is 24.2 Å². The predicted octanol–water partition coefficient (Wildman–Crippen LogP) is 8.96. The zero-order valence-corrected chi connectivity index (χ0v) is 37.4. The molecule has 61 heavy (non-hydrogen) atoms. The van der Waals surface area contributed by atoms with E-state index in [2.05, 4.69) is 96.7 Å². The van der Waals surface area contributed by atoms with Gasteiger partial charge in [-0.25, -0.2) is 19.6 Å². The zero-order chi connectivity index (χ0) is 43.5. The van der Waals surface area contributed by atoms with Crippen LogP contribution in [0.15, 0.2) is 91.5 Å². The van der Waals surface area contributed by atoms with Gasteiger partial charge in [-0.05, 0) is 75.1 Å². The summed E-state index contributed by atoms with van der Waals surface area (Å²) in [5, 5.41) is 9.54. The summed E-state index contributed by atoms with van der Waals surface area (Å²) >= 11 is 0. The van der Waals surface area contributed by atoms with Crippen LogP contribution >= 0.6 is 8.53 Å². The van der Waals surface area contributed by atoms with Gasteiger partial charge in [-0.1, -0.05) is 80.8 Å². The van der Waals surface area contributed by atoms with E-state index in [1.165, 1.54) is 6.33 Å². The number of hydrogen-bond donors (Lipinski definition) is 1. The van der Waals surface area contributed by atoms with Gasteiger partial charge in [0.25, 0.3) is 8.53 Å². The zero-order valence-electron chi connectivity index (χ0n) is 36.5. The number of ether oxygens (including phenoxy) is 5. The van der Waals surface area contributed by atoms with Gasteiger partial charge in [0.15, 0.2) is 17.7 Å². The predicted molar refractivity (Wildman–Crippen MR) is 236 cm³/mol. The van der Waals surface area contributed by atoms with Crippen LogP contribution in [0.3, 0.4) is 0 Å². The standard InChI is InChI=1S/C46H60N7O7P/c1-9-10-12-18-38(59-46(33-16-13-11-14-17-33,34-19-23-36(54-6)24-20-34)35-21-25-37(55-7)26-22-35)40-41(60-61(57-28-15-27-47)53(31(2)3)32(4)5)42(56-8)45(58-40)52-30-51-39-43(48)49-29-50-44(39)52/h11,13-14,16-17,19-26,29-32,38,40-42,45H,9-10,12,15,18,28H2,1-8H3,(H2,48,49,50)/t38?,40-,41-,42-,45-,61?/m1/s1. The van der Waals surface area contributed by atoms with Crippen LogP contribution in [0.25, 0.3) is 11.2 Å². The molecule has 6 atom stereocenters. The van der Waals surface area contributed by atoms with Crippen molar-refractivity contribution in [2.45, 2.75) is 115 Å². The second-order valence-corrected chi connectivity index (χ2v) is 17.0. The van der Waals surface area contributed by atoms with E-state index in [0.717, 1.165) is 47.5 Å². The lowest BCUT2D eigenvalue weighted by molar-refractivity contribution is -0.145. The summed E-state index contributed by atoms with van der Waals surface area (Å²) < 4.78 is 50.8. The van der Waals surface area contributed by atoms with Gasteiger partial charge in [-0.3, -0.25) is 4.57 Å². The van der Waals surface area contributed by atoms with E-state index in [0.29, 0.717) is 17.6 Å². The summed E-state index contributed by atoms with van der Waals surface area (Å²) in [6.07, 6.45) is 3.18. The van der Waals surface area contributed by atoms with Crippen LogP contribution in [0.1, 0.15) is 89.6 Å². The van der Waals surface area contributed by atoms with E-state index >= 15 is 0 Å². The molecule has 0 spiro atoms. The third-order valence-electron chi connectivity index (χ3n) is 11.0. The Morgan fingerprint density at radius 1 is 0.852 bits per heavy atom. The molecule has 326 valence electrons. The highest BCUT2D eigenvalue weighted by Crippen LogP contribution is 2.53. The van der Waals surface area contributed by atoms with Gasteiger partial charge >= 0.3 is 0 Å². The number of nitrogens with zero attached hydrogens (tertiary/aromatic N) is 6. The smallest absolute Gasteiger partial charge is 0.259 e. The molecular formula is C46H60N7O7P. The highest BCUT2D eigenvalue weighted by atomic mass is 31.2. The molecule has 6 rings (SSSR count). The van der Waals surface area contributed by atoms with E-state index in [9.17, 15) is 5.26 Å². The Labute approximate surface area is 361 Å².